The molecule has 12 aromatic rings. The number of para-hydroxylation sites is 8. The first-order valence-electron chi connectivity index (χ1n) is 24.1. The van der Waals surface area contributed by atoms with Crippen LogP contribution in [0.5, 0.6) is 0 Å². The van der Waals surface area contributed by atoms with Crippen molar-refractivity contribution in [3.8, 4) is 33.4 Å². The van der Waals surface area contributed by atoms with Crippen molar-refractivity contribution < 1.29 is 0 Å². The third-order valence-corrected chi connectivity index (χ3v) is 14.9. The summed E-state index contributed by atoms with van der Waals surface area (Å²) in [7, 11) is 4.35. The molecule has 0 radical (unpaired) electrons. The number of hydrogen-bond acceptors (Lipinski definition) is 4. The van der Waals surface area contributed by atoms with Crippen LogP contribution in [0.2, 0.25) is 0 Å². The molecule has 0 unspecified atom stereocenters. The third kappa shape index (κ3) is 6.03. The molecule has 12 aromatic carbocycles. The van der Waals surface area contributed by atoms with Gasteiger partial charge in [-0.1, -0.05) is 164 Å². The Morgan fingerprint density at radius 1 is 0.243 bits per heavy atom. The van der Waals surface area contributed by atoms with Crippen molar-refractivity contribution in [1.29, 1.82) is 0 Å². The van der Waals surface area contributed by atoms with Gasteiger partial charge in [-0.3, -0.25) is 0 Å². The predicted molar refractivity (Wildman–Crippen MR) is 298 cm³/mol. The van der Waals surface area contributed by atoms with Crippen molar-refractivity contribution in [1.82, 2.24) is 0 Å². The summed E-state index contributed by atoms with van der Waals surface area (Å²) in [5.74, 6) is 0. The second-order valence-corrected chi connectivity index (χ2v) is 18.6. The van der Waals surface area contributed by atoms with Gasteiger partial charge in [-0.25, -0.2) is 0 Å². The van der Waals surface area contributed by atoms with E-state index < -0.39 is 0 Å². The zero-order chi connectivity index (χ0) is 46.5. The fourth-order valence-corrected chi connectivity index (χ4v) is 11.6. The van der Waals surface area contributed by atoms with E-state index in [2.05, 4.69) is 276 Å². The van der Waals surface area contributed by atoms with Crippen LogP contribution in [0.4, 0.5) is 56.9 Å². The largest absolute Gasteiger partial charge is 0.341 e. The van der Waals surface area contributed by atoms with Gasteiger partial charge in [0.05, 0.1) is 45.5 Å². The van der Waals surface area contributed by atoms with Gasteiger partial charge in [-0.05, 0) is 155 Å². The summed E-state index contributed by atoms with van der Waals surface area (Å²) >= 11 is 0. The Morgan fingerprint density at radius 3 is 1.20 bits per heavy atom. The number of hydrogen-bond donors (Lipinski definition) is 0. The average Bonchev–Trinajstić information content (AvgIpc) is 3.42. The van der Waals surface area contributed by atoms with Crippen molar-refractivity contribution in [2.24, 2.45) is 0 Å². The number of fused-ring (bicyclic) bond motifs is 8. The highest BCUT2D eigenvalue weighted by Crippen LogP contribution is 2.55. The molecule has 0 saturated heterocycles. The normalized spacial score (nSPS) is 12.9. The number of benzene rings is 12. The minimum Gasteiger partial charge on any atom is -0.341 e. The number of rotatable bonds is 5. The number of anilines is 10. The minimum absolute atomic E-state index is 1.11. The van der Waals surface area contributed by atoms with Crippen molar-refractivity contribution in [2.45, 2.75) is 0 Å². The van der Waals surface area contributed by atoms with Crippen LogP contribution in [0, 0.1) is 0 Å². The molecule has 0 amide bonds. The standard InChI is InChI=1S/C66H46N4/c1-67-57-24-10-14-28-61(57)69(62-29-15-11-25-58(62)67)47-35-37-54-55(41-47)65(46-33-32-43-18-6-7-21-45(43)40-46)53-36-34-48(70-63-30-16-12-26-59(63)68(2)60-27-13-17-31-64(60)70)42-56(53)66(54)52-39-38-49(44-19-4-3-5-20-44)50-22-8-9-23-51(50)52/h3-42H,1-2H3. The van der Waals surface area contributed by atoms with E-state index in [0.717, 1.165) is 34.1 Å². The fraction of sp³-hybridized carbons (Fsp3) is 0.0303. The van der Waals surface area contributed by atoms with E-state index >= 15 is 0 Å². The van der Waals surface area contributed by atoms with Crippen LogP contribution in [0.25, 0.3) is 76.5 Å². The zero-order valence-corrected chi connectivity index (χ0v) is 38.9. The van der Waals surface area contributed by atoms with Gasteiger partial charge in [0, 0.05) is 25.5 Å². The van der Waals surface area contributed by atoms with E-state index in [1.165, 1.54) is 99.2 Å². The van der Waals surface area contributed by atoms with Crippen LogP contribution in [-0.4, -0.2) is 14.1 Å². The molecule has 330 valence electrons. The van der Waals surface area contributed by atoms with E-state index in [4.69, 9.17) is 0 Å². The summed E-state index contributed by atoms with van der Waals surface area (Å²) < 4.78 is 0. The minimum atomic E-state index is 1.11. The summed E-state index contributed by atoms with van der Waals surface area (Å²) in [6.45, 7) is 0. The summed E-state index contributed by atoms with van der Waals surface area (Å²) in [5.41, 5.74) is 18.7. The molecule has 2 aliphatic heterocycles. The smallest absolute Gasteiger partial charge is 0.0699 e. The second kappa shape index (κ2) is 15.7. The molecule has 0 atom stereocenters. The molecule has 0 N–H and O–H groups in total. The molecule has 4 heteroatoms. The Morgan fingerprint density at radius 2 is 0.657 bits per heavy atom. The molecule has 0 aromatic heterocycles. The Bertz CT molecular complexity index is 3990. The molecular formula is C66H46N4. The summed E-state index contributed by atoms with van der Waals surface area (Å²) in [6.07, 6.45) is 0. The summed E-state index contributed by atoms with van der Waals surface area (Å²) in [5, 5.41) is 9.68. The van der Waals surface area contributed by atoms with Gasteiger partial charge in [-0.2, -0.15) is 0 Å². The van der Waals surface area contributed by atoms with Crippen molar-refractivity contribution in [3.63, 3.8) is 0 Å². The summed E-state index contributed by atoms with van der Waals surface area (Å²) in [6, 6.07) is 89.7. The van der Waals surface area contributed by atoms with Crippen molar-refractivity contribution in [3.05, 3.63) is 243 Å². The van der Waals surface area contributed by atoms with Gasteiger partial charge in [0.15, 0.2) is 0 Å². The maximum Gasteiger partial charge on any atom is 0.0699 e. The Hall–Kier alpha value is -9.12. The Balaban J connectivity index is 1.12. The van der Waals surface area contributed by atoms with Crippen molar-refractivity contribution >= 4 is 100.0 Å². The molecule has 2 heterocycles. The second-order valence-electron chi connectivity index (χ2n) is 18.6. The van der Waals surface area contributed by atoms with Crippen LogP contribution < -0.4 is 19.6 Å². The van der Waals surface area contributed by atoms with Gasteiger partial charge < -0.3 is 19.6 Å². The Kier molecular flexibility index (Phi) is 8.99. The van der Waals surface area contributed by atoms with E-state index in [9.17, 15) is 0 Å². The highest BCUT2D eigenvalue weighted by atomic mass is 15.3. The summed E-state index contributed by atoms with van der Waals surface area (Å²) in [4.78, 5) is 9.53. The first kappa shape index (κ1) is 40.0. The van der Waals surface area contributed by atoms with E-state index in [-0.39, 0.29) is 0 Å². The molecule has 0 spiro atoms. The first-order valence-corrected chi connectivity index (χ1v) is 24.1. The Labute approximate surface area is 407 Å². The van der Waals surface area contributed by atoms with Gasteiger partial charge in [0.2, 0.25) is 0 Å². The average molecular weight is 895 g/mol. The SMILES string of the molecule is CN1c2ccccc2N(c2ccc3c(-c4ccc(-c5ccccc5)c5ccccc45)c4cc(N5c6ccccc6N(C)c6ccccc65)ccc4c(-c4ccc5ccccc5c4)c3c2)c2ccccc21. The molecule has 0 saturated carbocycles. The topological polar surface area (TPSA) is 13.0 Å². The first-order chi connectivity index (χ1) is 34.6. The molecular weight excluding hydrogens is 849 g/mol. The van der Waals surface area contributed by atoms with Gasteiger partial charge in [0.25, 0.3) is 0 Å². The molecule has 0 fully saturated rings. The van der Waals surface area contributed by atoms with E-state index in [1.807, 2.05) is 0 Å². The fourth-order valence-electron chi connectivity index (χ4n) is 11.6. The lowest BCUT2D eigenvalue weighted by molar-refractivity contribution is 1.13. The molecule has 4 nitrogen and oxygen atoms in total. The lowest BCUT2D eigenvalue weighted by Crippen LogP contribution is -2.24. The molecule has 0 bridgehead atoms. The van der Waals surface area contributed by atoms with Gasteiger partial charge in [0.1, 0.15) is 0 Å². The lowest BCUT2D eigenvalue weighted by atomic mass is 9.83. The van der Waals surface area contributed by atoms with Crippen LogP contribution in [-0.2, 0) is 0 Å². The third-order valence-electron chi connectivity index (χ3n) is 14.9. The van der Waals surface area contributed by atoms with Gasteiger partial charge in [-0.15, -0.1) is 0 Å². The highest BCUT2D eigenvalue weighted by Gasteiger charge is 2.31. The molecule has 0 aliphatic carbocycles. The van der Waals surface area contributed by atoms with Crippen LogP contribution in [0.1, 0.15) is 0 Å². The maximum absolute atomic E-state index is 2.47. The molecule has 70 heavy (non-hydrogen) atoms. The van der Waals surface area contributed by atoms with Crippen molar-refractivity contribution in [2.75, 3.05) is 33.7 Å². The van der Waals surface area contributed by atoms with E-state index in [1.54, 1.807) is 0 Å². The monoisotopic (exact) mass is 894 g/mol. The predicted octanol–water partition coefficient (Wildman–Crippen LogP) is 18.4. The van der Waals surface area contributed by atoms with Gasteiger partial charge >= 0.3 is 0 Å². The van der Waals surface area contributed by atoms with Crippen LogP contribution in [0.15, 0.2) is 243 Å². The lowest BCUT2D eigenvalue weighted by Gasteiger charge is -2.39. The zero-order valence-electron chi connectivity index (χ0n) is 38.9. The van der Waals surface area contributed by atoms with Crippen LogP contribution >= 0.6 is 0 Å². The van der Waals surface area contributed by atoms with E-state index in [0.29, 0.717) is 0 Å². The quantitative estimate of drug-likeness (QED) is 0.160. The number of nitrogens with zero attached hydrogens (tertiary/aromatic N) is 4. The highest BCUT2D eigenvalue weighted by molar-refractivity contribution is 6.26. The maximum atomic E-state index is 2.47. The van der Waals surface area contributed by atoms with Crippen LogP contribution in [0.3, 0.4) is 0 Å². The molecule has 2 aliphatic rings. The molecule has 14 rings (SSSR count).